The molecule has 0 bridgehead atoms. The minimum absolute atomic E-state index is 0. The van der Waals surface area contributed by atoms with Gasteiger partial charge >= 0.3 is 13.4 Å². The molecule has 0 unspecified atom stereocenters. The highest BCUT2D eigenvalue weighted by Gasteiger charge is 1.92. The SMILES string of the molecule is C=CC.C=CC.N.OP(O)(O)=S.OP(O)(O)=S. The molecular weight excluding hydrogens is 308 g/mol. The summed E-state index contributed by atoms with van der Waals surface area (Å²) in [5, 5.41) is 0. The van der Waals surface area contributed by atoms with Crippen LogP contribution in [0.5, 0.6) is 0 Å². The van der Waals surface area contributed by atoms with Crippen molar-refractivity contribution in [1.82, 2.24) is 6.15 Å². The largest absolute Gasteiger partial charge is 0.344 e. The maximum absolute atomic E-state index is 7.56. The van der Waals surface area contributed by atoms with E-state index in [9.17, 15) is 0 Å². The van der Waals surface area contributed by atoms with Crippen molar-refractivity contribution in [2.75, 3.05) is 0 Å². The average Bonchev–Trinajstić information content (AvgIpc) is 1.79. The van der Waals surface area contributed by atoms with E-state index in [-0.39, 0.29) is 6.15 Å². The molecule has 7 nitrogen and oxygen atoms in total. The summed E-state index contributed by atoms with van der Waals surface area (Å²) in [6.07, 6.45) is 3.50. The predicted octanol–water partition coefficient (Wildman–Crippen LogP) is 0.922. The van der Waals surface area contributed by atoms with E-state index < -0.39 is 13.4 Å². The van der Waals surface area contributed by atoms with Gasteiger partial charge < -0.3 is 35.5 Å². The second-order valence-electron chi connectivity index (χ2n) is 1.84. The lowest BCUT2D eigenvalue weighted by molar-refractivity contribution is 0.361. The van der Waals surface area contributed by atoms with Crippen LogP contribution in [0, 0.1) is 0 Å². The molecule has 108 valence electrons. The molecule has 0 radical (unpaired) electrons. The summed E-state index contributed by atoms with van der Waals surface area (Å²) in [7, 11) is 0. The zero-order valence-electron chi connectivity index (χ0n) is 9.67. The Morgan fingerprint density at radius 3 is 0.765 bits per heavy atom. The Labute approximate surface area is 112 Å². The van der Waals surface area contributed by atoms with Gasteiger partial charge in [-0.25, -0.2) is 0 Å². The molecule has 0 saturated carbocycles. The van der Waals surface area contributed by atoms with E-state index >= 15 is 0 Å². The predicted molar refractivity (Wildman–Crippen MR) is 78.6 cm³/mol. The summed E-state index contributed by atoms with van der Waals surface area (Å²) in [6.45, 7) is 2.89. The van der Waals surface area contributed by atoms with E-state index in [0.717, 1.165) is 0 Å². The van der Waals surface area contributed by atoms with Gasteiger partial charge in [-0.3, -0.25) is 0 Å². The third-order valence-electron chi connectivity index (χ3n) is 0. The first-order chi connectivity index (χ1) is 6.83. The van der Waals surface area contributed by atoms with Crippen LogP contribution < -0.4 is 6.15 Å². The molecule has 0 atom stereocenters. The Morgan fingerprint density at radius 1 is 0.765 bits per heavy atom. The van der Waals surface area contributed by atoms with E-state index in [1.54, 1.807) is 12.2 Å². The molecule has 0 aromatic carbocycles. The highest BCUT2D eigenvalue weighted by Crippen LogP contribution is 2.26. The highest BCUT2D eigenvalue weighted by molar-refractivity contribution is 8.06. The first-order valence-electron chi connectivity index (χ1n) is 3.54. The first-order valence-corrected chi connectivity index (χ1v) is 8.86. The highest BCUT2D eigenvalue weighted by atomic mass is 32.5. The lowest BCUT2D eigenvalue weighted by Crippen LogP contribution is -1.65. The molecular formula is C6H21NO6P2S2. The second-order valence-corrected chi connectivity index (χ2v) is 6.84. The van der Waals surface area contributed by atoms with E-state index in [0.29, 0.717) is 0 Å². The van der Waals surface area contributed by atoms with Gasteiger partial charge in [0.25, 0.3) is 0 Å². The van der Waals surface area contributed by atoms with Crippen LogP contribution in [0.15, 0.2) is 25.3 Å². The van der Waals surface area contributed by atoms with Crippen LogP contribution in [0.1, 0.15) is 13.8 Å². The van der Waals surface area contributed by atoms with Gasteiger partial charge in [-0.2, -0.15) is 0 Å². The lowest BCUT2D eigenvalue weighted by atomic mass is 10.8. The molecule has 0 saturated heterocycles. The number of hydrogen-bond acceptors (Lipinski definition) is 3. The Kier molecular flexibility index (Phi) is 33.8. The van der Waals surface area contributed by atoms with E-state index in [4.69, 9.17) is 29.4 Å². The van der Waals surface area contributed by atoms with Crippen LogP contribution in [-0.4, -0.2) is 29.4 Å². The molecule has 0 aromatic heterocycles. The van der Waals surface area contributed by atoms with Crippen LogP contribution in [0.4, 0.5) is 0 Å². The number of rotatable bonds is 0. The molecule has 0 spiro atoms. The van der Waals surface area contributed by atoms with Gasteiger partial charge in [0.1, 0.15) is 0 Å². The van der Waals surface area contributed by atoms with Gasteiger partial charge in [0.2, 0.25) is 0 Å². The molecule has 0 heterocycles. The zero-order valence-corrected chi connectivity index (χ0v) is 13.1. The van der Waals surface area contributed by atoms with E-state index in [1.807, 2.05) is 13.8 Å². The van der Waals surface area contributed by atoms with Crippen LogP contribution >= 0.6 is 13.4 Å². The van der Waals surface area contributed by atoms with Crippen molar-refractivity contribution < 1.29 is 29.4 Å². The normalized spacial score (nSPS) is 8.47. The number of allylic oxidation sites excluding steroid dienone is 2. The summed E-state index contributed by atoms with van der Waals surface area (Å²) in [5.41, 5.74) is 0. The van der Waals surface area contributed by atoms with Crippen LogP contribution in [0.3, 0.4) is 0 Å². The van der Waals surface area contributed by atoms with Gasteiger partial charge in [0.05, 0.1) is 0 Å². The van der Waals surface area contributed by atoms with Gasteiger partial charge in [-0.1, -0.05) is 12.2 Å². The Balaban J connectivity index is -0.0000000381. The van der Waals surface area contributed by atoms with Gasteiger partial charge in [-0.05, 0) is 37.5 Å². The van der Waals surface area contributed by atoms with Gasteiger partial charge in [0.15, 0.2) is 0 Å². The summed E-state index contributed by atoms with van der Waals surface area (Å²) < 4.78 is 0. The molecule has 17 heavy (non-hydrogen) atoms. The van der Waals surface area contributed by atoms with E-state index in [2.05, 4.69) is 36.8 Å². The number of hydrogen-bond donors (Lipinski definition) is 7. The smallest absolute Gasteiger partial charge is 0.319 e. The minimum atomic E-state index is -3.81. The molecule has 0 rings (SSSR count). The van der Waals surface area contributed by atoms with Gasteiger partial charge in [0, 0.05) is 0 Å². The molecule has 0 aliphatic heterocycles. The van der Waals surface area contributed by atoms with Crippen molar-refractivity contribution in [3.63, 3.8) is 0 Å². The molecule has 0 fully saturated rings. The molecule has 0 amide bonds. The average molecular weight is 329 g/mol. The van der Waals surface area contributed by atoms with Crippen molar-refractivity contribution in [2.45, 2.75) is 13.8 Å². The van der Waals surface area contributed by atoms with E-state index in [1.165, 1.54) is 0 Å². The lowest BCUT2D eigenvalue weighted by Gasteiger charge is -1.88. The standard InChI is InChI=1S/2C3H6.H3N.2H3O3PS/c2*1-3-2;;2*1-4(2,3)5/h2*3H,1H2,2H3;1H3;2*(H3,1,2,3,5). The zero-order chi connectivity index (χ0) is 14.4. The summed E-state index contributed by atoms with van der Waals surface area (Å²) in [4.78, 5) is 45.3. The fraction of sp³-hybridized carbons (Fsp3) is 0.333. The summed E-state index contributed by atoms with van der Waals surface area (Å²) in [6, 6.07) is 0. The van der Waals surface area contributed by atoms with Gasteiger partial charge in [-0.15, -0.1) is 13.2 Å². The van der Waals surface area contributed by atoms with Crippen molar-refractivity contribution in [2.24, 2.45) is 0 Å². The fourth-order valence-corrected chi connectivity index (χ4v) is 0. The summed E-state index contributed by atoms with van der Waals surface area (Å²) >= 11 is 7.21. The van der Waals surface area contributed by atoms with Crippen molar-refractivity contribution in [1.29, 1.82) is 0 Å². The maximum Gasteiger partial charge on any atom is 0.319 e. The Hall–Kier alpha value is 0.500. The molecule has 0 aliphatic carbocycles. The molecule has 11 heteroatoms. The van der Waals surface area contributed by atoms with Crippen LogP contribution in [0.25, 0.3) is 0 Å². The fourth-order valence-electron chi connectivity index (χ4n) is 0. The Morgan fingerprint density at radius 2 is 0.765 bits per heavy atom. The van der Waals surface area contributed by atoms with Crippen molar-refractivity contribution in [3.05, 3.63) is 25.3 Å². The monoisotopic (exact) mass is 329 g/mol. The van der Waals surface area contributed by atoms with Crippen molar-refractivity contribution in [3.8, 4) is 0 Å². The second kappa shape index (κ2) is 18.9. The van der Waals surface area contributed by atoms with Crippen LogP contribution in [-0.2, 0) is 23.6 Å². The topological polar surface area (TPSA) is 156 Å². The summed E-state index contributed by atoms with van der Waals surface area (Å²) in [5.74, 6) is 0. The van der Waals surface area contributed by atoms with Crippen molar-refractivity contribution >= 4 is 37.1 Å². The quantitative estimate of drug-likeness (QED) is 0.253. The third kappa shape index (κ3) is 13900. The first kappa shape index (κ1) is 30.5. The molecule has 0 aromatic rings. The molecule has 9 N–H and O–H groups in total. The van der Waals surface area contributed by atoms with Crippen LogP contribution in [0.2, 0.25) is 0 Å². The molecule has 0 aliphatic rings. The Bertz CT molecular complexity index is 208. The third-order valence-corrected chi connectivity index (χ3v) is 0. The minimum Gasteiger partial charge on any atom is -0.344 e. The maximum atomic E-state index is 7.56.